The second kappa shape index (κ2) is 6.96. The van der Waals surface area contributed by atoms with Crippen LogP contribution in [-0.2, 0) is 4.79 Å². The zero-order chi connectivity index (χ0) is 17.9. The van der Waals surface area contributed by atoms with E-state index >= 15 is 0 Å². The Hall–Kier alpha value is -3.20. The van der Waals surface area contributed by atoms with Crippen molar-refractivity contribution in [2.75, 3.05) is 5.32 Å². The van der Waals surface area contributed by atoms with Gasteiger partial charge >= 0.3 is 0 Å². The van der Waals surface area contributed by atoms with Crippen LogP contribution in [0.2, 0.25) is 0 Å². The van der Waals surface area contributed by atoms with Crippen molar-refractivity contribution in [1.82, 2.24) is 15.2 Å². The lowest BCUT2D eigenvalue weighted by Gasteiger charge is -2.20. The molecule has 2 heterocycles. The number of nitrogens with zero attached hydrogens (tertiary/aromatic N) is 3. The monoisotopic (exact) mass is 345 g/mol. The lowest BCUT2D eigenvalue weighted by atomic mass is 9.89. The molecule has 1 aromatic carbocycles. The molecule has 1 saturated carbocycles. The van der Waals surface area contributed by atoms with Crippen LogP contribution in [0.1, 0.15) is 37.7 Å². The first-order chi connectivity index (χ1) is 12.7. The van der Waals surface area contributed by atoms with Crippen molar-refractivity contribution in [3.05, 3.63) is 42.1 Å². The third kappa shape index (κ3) is 3.16. The maximum Gasteiger partial charge on any atom is 0.228 e. The van der Waals surface area contributed by atoms with Crippen LogP contribution in [0.3, 0.4) is 0 Å². The number of benzene rings is 1. The highest BCUT2D eigenvalue weighted by atomic mass is 16.2. The molecule has 2 N–H and O–H groups in total. The molecule has 0 radical (unpaired) electrons. The highest BCUT2D eigenvalue weighted by Crippen LogP contribution is 2.28. The van der Waals surface area contributed by atoms with E-state index in [9.17, 15) is 4.79 Å². The van der Waals surface area contributed by atoms with Gasteiger partial charge in [0.05, 0.1) is 17.0 Å². The van der Waals surface area contributed by atoms with E-state index in [0.717, 1.165) is 42.2 Å². The van der Waals surface area contributed by atoms with Gasteiger partial charge in [0.25, 0.3) is 0 Å². The highest BCUT2D eigenvalue weighted by Gasteiger charge is 2.22. The summed E-state index contributed by atoms with van der Waals surface area (Å²) in [6.07, 6.45) is 7.10. The van der Waals surface area contributed by atoms with Crippen LogP contribution in [0, 0.1) is 17.2 Å². The van der Waals surface area contributed by atoms with E-state index in [1.54, 1.807) is 18.3 Å². The minimum atomic E-state index is 0.0547. The van der Waals surface area contributed by atoms with E-state index in [4.69, 9.17) is 5.26 Å². The van der Waals surface area contributed by atoms with Crippen molar-refractivity contribution in [1.29, 1.82) is 5.26 Å². The number of H-pyrrole nitrogens is 1. The summed E-state index contributed by atoms with van der Waals surface area (Å²) >= 11 is 0. The second-order valence-electron chi connectivity index (χ2n) is 6.71. The molecule has 0 unspecified atom stereocenters. The summed E-state index contributed by atoms with van der Waals surface area (Å²) in [6, 6.07) is 11.4. The van der Waals surface area contributed by atoms with Gasteiger partial charge in [-0.25, -0.2) is 4.98 Å². The number of carbonyl (C=O) groups is 1. The molecule has 0 atom stereocenters. The van der Waals surface area contributed by atoms with E-state index in [1.165, 1.54) is 6.42 Å². The number of amides is 1. The van der Waals surface area contributed by atoms with Gasteiger partial charge in [-0.3, -0.25) is 9.89 Å². The van der Waals surface area contributed by atoms with E-state index in [-0.39, 0.29) is 11.8 Å². The fourth-order valence-electron chi connectivity index (χ4n) is 3.48. The minimum Gasteiger partial charge on any atom is -0.310 e. The van der Waals surface area contributed by atoms with E-state index in [1.807, 2.05) is 18.2 Å². The van der Waals surface area contributed by atoms with Crippen molar-refractivity contribution in [2.24, 2.45) is 5.92 Å². The molecule has 3 aromatic rings. The molecule has 1 amide bonds. The number of hydrogen-bond donors (Lipinski definition) is 2. The molecule has 2 aromatic heterocycles. The molecule has 6 heteroatoms. The number of fused-ring (bicyclic) bond motifs is 1. The summed E-state index contributed by atoms with van der Waals surface area (Å²) in [4.78, 5) is 16.9. The molecular formula is C20H19N5O. The Balaban J connectivity index is 1.61. The highest BCUT2D eigenvalue weighted by molar-refractivity contribution is 6.00. The van der Waals surface area contributed by atoms with Crippen LogP contribution in [0.5, 0.6) is 0 Å². The number of carbonyl (C=O) groups excluding carboxylic acids is 1. The Morgan fingerprint density at radius 1 is 1.15 bits per heavy atom. The Kier molecular flexibility index (Phi) is 4.36. The Morgan fingerprint density at radius 2 is 1.92 bits per heavy atom. The number of rotatable bonds is 3. The first-order valence-corrected chi connectivity index (χ1v) is 8.90. The third-order valence-corrected chi connectivity index (χ3v) is 4.98. The number of anilines is 1. The number of pyridine rings is 1. The SMILES string of the molecule is N#Cc1ccc(-c2cnc3n[nH]c(NC(=O)C4CCCCC4)c3c2)cc1. The maximum atomic E-state index is 12.5. The molecule has 0 spiro atoms. The number of aromatic amines is 1. The summed E-state index contributed by atoms with van der Waals surface area (Å²) in [7, 11) is 0. The molecule has 130 valence electrons. The quantitative estimate of drug-likeness (QED) is 0.749. The standard InChI is InChI=1S/C20H19N5O/c21-11-13-6-8-14(9-7-13)16-10-17-18(22-12-16)24-25-19(17)23-20(26)15-4-2-1-3-5-15/h6-10,12,15H,1-5H2,(H2,22,23,24,25,26). The smallest absolute Gasteiger partial charge is 0.228 e. The van der Waals surface area contributed by atoms with Gasteiger partial charge in [0.15, 0.2) is 5.65 Å². The minimum absolute atomic E-state index is 0.0547. The average Bonchev–Trinajstić information content (AvgIpc) is 3.10. The van der Waals surface area contributed by atoms with Crippen LogP contribution in [0.25, 0.3) is 22.2 Å². The third-order valence-electron chi connectivity index (χ3n) is 4.98. The number of hydrogen-bond acceptors (Lipinski definition) is 4. The van der Waals surface area contributed by atoms with Crippen molar-refractivity contribution in [3.8, 4) is 17.2 Å². The average molecular weight is 345 g/mol. The predicted octanol–water partition coefficient (Wildman–Crippen LogP) is 4.02. The molecule has 0 bridgehead atoms. The summed E-state index contributed by atoms with van der Waals surface area (Å²) in [5, 5.41) is 19.8. The van der Waals surface area contributed by atoms with Gasteiger partial charge in [0, 0.05) is 17.7 Å². The van der Waals surface area contributed by atoms with E-state index < -0.39 is 0 Å². The van der Waals surface area contributed by atoms with Crippen LogP contribution < -0.4 is 5.32 Å². The molecule has 26 heavy (non-hydrogen) atoms. The predicted molar refractivity (Wildman–Crippen MR) is 99.2 cm³/mol. The molecule has 1 fully saturated rings. The van der Waals surface area contributed by atoms with Gasteiger partial charge in [-0.15, -0.1) is 0 Å². The van der Waals surface area contributed by atoms with Gasteiger partial charge in [-0.1, -0.05) is 31.4 Å². The van der Waals surface area contributed by atoms with Gasteiger partial charge in [-0.05, 0) is 36.6 Å². The summed E-state index contributed by atoms with van der Waals surface area (Å²) < 4.78 is 0. The lowest BCUT2D eigenvalue weighted by molar-refractivity contribution is -0.120. The topological polar surface area (TPSA) is 94.5 Å². The zero-order valence-electron chi connectivity index (χ0n) is 14.3. The number of nitrogens with one attached hydrogen (secondary N) is 2. The second-order valence-corrected chi connectivity index (χ2v) is 6.71. The van der Waals surface area contributed by atoms with Crippen LogP contribution in [0.4, 0.5) is 5.82 Å². The zero-order valence-corrected chi connectivity index (χ0v) is 14.3. The lowest BCUT2D eigenvalue weighted by Crippen LogP contribution is -2.24. The number of aromatic nitrogens is 3. The largest absolute Gasteiger partial charge is 0.310 e. The first kappa shape index (κ1) is 16.3. The molecular weight excluding hydrogens is 326 g/mol. The van der Waals surface area contributed by atoms with Crippen LogP contribution in [0.15, 0.2) is 36.5 Å². The van der Waals surface area contributed by atoms with E-state index in [2.05, 4.69) is 26.6 Å². The maximum absolute atomic E-state index is 12.5. The fraction of sp³-hybridized carbons (Fsp3) is 0.300. The van der Waals surface area contributed by atoms with Crippen LogP contribution in [-0.4, -0.2) is 21.1 Å². The van der Waals surface area contributed by atoms with Crippen molar-refractivity contribution in [2.45, 2.75) is 32.1 Å². The molecule has 1 aliphatic rings. The molecule has 4 rings (SSSR count). The Bertz CT molecular complexity index is 978. The van der Waals surface area contributed by atoms with E-state index in [0.29, 0.717) is 17.0 Å². The van der Waals surface area contributed by atoms with Gasteiger partial charge < -0.3 is 5.32 Å². The normalized spacial score (nSPS) is 14.9. The van der Waals surface area contributed by atoms with Gasteiger partial charge in [0.1, 0.15) is 5.82 Å². The number of nitriles is 1. The van der Waals surface area contributed by atoms with Crippen molar-refractivity contribution >= 4 is 22.8 Å². The molecule has 0 saturated heterocycles. The molecule has 6 nitrogen and oxygen atoms in total. The fourth-order valence-corrected chi connectivity index (χ4v) is 3.48. The molecule has 1 aliphatic carbocycles. The summed E-state index contributed by atoms with van der Waals surface area (Å²) in [6.45, 7) is 0. The van der Waals surface area contributed by atoms with Crippen LogP contribution >= 0.6 is 0 Å². The van der Waals surface area contributed by atoms with Gasteiger partial charge in [-0.2, -0.15) is 10.4 Å². The first-order valence-electron chi connectivity index (χ1n) is 8.90. The van der Waals surface area contributed by atoms with Crippen molar-refractivity contribution in [3.63, 3.8) is 0 Å². The Labute approximate surface area is 151 Å². The summed E-state index contributed by atoms with van der Waals surface area (Å²) in [5.74, 6) is 0.731. The molecule has 0 aliphatic heterocycles. The van der Waals surface area contributed by atoms with Crippen molar-refractivity contribution < 1.29 is 4.79 Å². The Morgan fingerprint density at radius 3 is 2.65 bits per heavy atom. The summed E-state index contributed by atoms with van der Waals surface area (Å²) in [5.41, 5.74) is 3.06. The van der Waals surface area contributed by atoms with Gasteiger partial charge in [0.2, 0.25) is 5.91 Å².